The number of aliphatic hydroxyl groups is 1. The Kier molecular flexibility index (Phi) is 17.2. The Bertz CT molecular complexity index is 588. The summed E-state index contributed by atoms with van der Waals surface area (Å²) >= 11 is -2.55. The van der Waals surface area contributed by atoms with Gasteiger partial charge in [0.2, 0.25) is 0 Å². The zero-order chi connectivity index (χ0) is 25.3. The average molecular weight is 573 g/mol. The van der Waals surface area contributed by atoms with Crippen LogP contribution in [0.4, 0.5) is 0 Å². The van der Waals surface area contributed by atoms with Gasteiger partial charge in [-0.25, -0.2) is 0 Å². The fraction of sp³-hybridized carbons (Fsp3) is 0.778. The standard InChI is InChI=1S/C15H23O5.3C4H9.Sn/c1-5-6-7-9-15(13(17)19-3,14(18)20-4)10-8-12(2)11-16;3*1-3-4-2;/h8,16H,1,6-7,9-11H2,2-4H3;3*1,3-4H2,2H3;/b12-8+;;;;. The van der Waals surface area contributed by atoms with Gasteiger partial charge in [0.25, 0.3) is 0 Å². The summed E-state index contributed by atoms with van der Waals surface area (Å²) in [5.74, 6) is -1.14. The molecule has 0 heterocycles. The number of ether oxygens (including phenoxy) is 2. The summed E-state index contributed by atoms with van der Waals surface area (Å²) in [6.45, 7) is 13.1. The molecule has 0 radical (unpaired) electrons. The van der Waals surface area contributed by atoms with E-state index in [1.54, 1.807) is 13.0 Å². The summed E-state index contributed by atoms with van der Waals surface area (Å²) in [5, 5.41) is 9.37. The number of rotatable bonds is 19. The third-order valence-electron chi connectivity index (χ3n) is 7.06. The van der Waals surface area contributed by atoms with Crippen LogP contribution in [0.25, 0.3) is 0 Å². The van der Waals surface area contributed by atoms with E-state index in [0.29, 0.717) is 18.4 Å². The fourth-order valence-electron chi connectivity index (χ4n) is 4.68. The van der Waals surface area contributed by atoms with Gasteiger partial charge in [-0.05, 0) is 0 Å². The van der Waals surface area contributed by atoms with Crippen LogP contribution in [0.5, 0.6) is 0 Å². The molecule has 0 atom stereocenters. The first-order chi connectivity index (χ1) is 15.7. The van der Waals surface area contributed by atoms with E-state index in [-0.39, 0.29) is 13.0 Å². The molecule has 6 heteroatoms. The normalized spacial score (nSPS) is 12.5. The minimum atomic E-state index is -2.55. The number of esters is 2. The van der Waals surface area contributed by atoms with Crippen molar-refractivity contribution >= 4 is 30.3 Å². The summed E-state index contributed by atoms with van der Waals surface area (Å²) in [7, 11) is 2.62. The van der Waals surface area contributed by atoms with E-state index in [1.807, 2.05) is 0 Å². The van der Waals surface area contributed by atoms with Crippen molar-refractivity contribution in [2.75, 3.05) is 20.8 Å². The second-order valence-corrected chi connectivity index (χ2v) is 23.1. The van der Waals surface area contributed by atoms with Crippen molar-refractivity contribution in [1.29, 1.82) is 0 Å². The van der Waals surface area contributed by atoms with Gasteiger partial charge in [-0.3, -0.25) is 0 Å². The monoisotopic (exact) mass is 574 g/mol. The molecule has 0 aromatic heterocycles. The first-order valence-electron chi connectivity index (χ1n) is 12.8. The average Bonchev–Trinajstić information content (AvgIpc) is 2.84. The molecular weight excluding hydrogens is 523 g/mol. The number of methoxy groups -OCH3 is 2. The minimum absolute atomic E-state index is 0.113. The van der Waals surface area contributed by atoms with Gasteiger partial charge >= 0.3 is 208 Å². The van der Waals surface area contributed by atoms with Crippen LogP contribution in [0.15, 0.2) is 21.8 Å². The molecule has 192 valence electrons. The van der Waals surface area contributed by atoms with Crippen LogP contribution in [0.1, 0.15) is 91.9 Å². The molecule has 0 bridgehead atoms. The Morgan fingerprint density at radius 2 is 1.36 bits per heavy atom. The summed E-state index contributed by atoms with van der Waals surface area (Å²) < 4.78 is 15.6. The summed E-state index contributed by atoms with van der Waals surface area (Å²) in [6, 6.07) is 0. The molecule has 0 saturated heterocycles. The first kappa shape index (κ1) is 32.2. The van der Waals surface area contributed by atoms with E-state index in [4.69, 9.17) is 9.47 Å². The predicted molar refractivity (Wildman–Crippen MR) is 140 cm³/mol. The van der Waals surface area contributed by atoms with E-state index in [0.717, 1.165) is 6.42 Å². The summed E-state index contributed by atoms with van der Waals surface area (Å²) in [6.07, 6.45) is 11.3. The maximum absolute atomic E-state index is 12.8. The van der Waals surface area contributed by atoms with Crippen molar-refractivity contribution in [2.24, 2.45) is 5.41 Å². The van der Waals surface area contributed by atoms with Gasteiger partial charge in [-0.1, -0.05) is 0 Å². The van der Waals surface area contributed by atoms with E-state index >= 15 is 0 Å². The topological polar surface area (TPSA) is 72.8 Å². The SMILES string of the molecule is C=[C](CCCC(C/C=C(\C)CO)(C(=O)OC)C(=O)OC)[Sn]([CH2]CCC)([CH2]CCC)[CH2]CCC. The quantitative estimate of drug-likeness (QED) is 0.0800. The van der Waals surface area contributed by atoms with E-state index in [9.17, 15) is 14.7 Å². The molecule has 0 aliphatic heterocycles. The number of hydrogen-bond acceptors (Lipinski definition) is 5. The second-order valence-electron chi connectivity index (χ2n) is 9.53. The predicted octanol–water partition coefficient (Wildman–Crippen LogP) is 6.76. The maximum atomic E-state index is 12.8. The second kappa shape index (κ2) is 17.6. The van der Waals surface area contributed by atoms with Crippen LogP contribution in [0, 0.1) is 5.41 Å². The van der Waals surface area contributed by atoms with Crippen molar-refractivity contribution in [3.05, 3.63) is 21.8 Å². The molecule has 1 N–H and O–H groups in total. The molecule has 5 nitrogen and oxygen atoms in total. The van der Waals surface area contributed by atoms with E-state index < -0.39 is 35.7 Å². The molecule has 0 aromatic rings. The molecule has 0 aliphatic rings. The van der Waals surface area contributed by atoms with Gasteiger partial charge in [-0.2, -0.15) is 0 Å². The van der Waals surface area contributed by atoms with Gasteiger partial charge in [0.15, 0.2) is 0 Å². The Balaban J connectivity index is 5.75. The number of carbonyl (C=O) groups is 2. The summed E-state index contributed by atoms with van der Waals surface area (Å²) in [5.41, 5.74) is -0.667. The molecular formula is C27H50O5Sn. The molecule has 0 aromatic carbocycles. The Hall–Kier alpha value is -0.821. The van der Waals surface area contributed by atoms with Crippen molar-refractivity contribution in [1.82, 2.24) is 0 Å². The van der Waals surface area contributed by atoms with Gasteiger partial charge < -0.3 is 0 Å². The van der Waals surface area contributed by atoms with E-state index in [2.05, 4.69) is 27.4 Å². The van der Waals surface area contributed by atoms with Crippen LogP contribution < -0.4 is 0 Å². The number of carbonyl (C=O) groups excluding carboxylic acids is 2. The molecule has 0 fully saturated rings. The molecule has 0 rings (SSSR count). The third-order valence-corrected chi connectivity index (χ3v) is 23.3. The molecule has 0 saturated carbocycles. The number of unbranched alkanes of at least 4 members (excludes halogenated alkanes) is 3. The zero-order valence-corrected chi connectivity index (χ0v) is 25.1. The Morgan fingerprint density at radius 1 is 0.909 bits per heavy atom. The number of allylic oxidation sites excluding steroid dienone is 2. The number of aliphatic hydroxyl groups excluding tert-OH is 1. The molecule has 0 unspecified atom stereocenters. The van der Waals surface area contributed by atoms with Crippen molar-refractivity contribution in [2.45, 2.75) is 105 Å². The van der Waals surface area contributed by atoms with Crippen LogP contribution in [-0.2, 0) is 19.1 Å². The van der Waals surface area contributed by atoms with Gasteiger partial charge in [0, 0.05) is 0 Å². The van der Waals surface area contributed by atoms with Crippen molar-refractivity contribution < 1.29 is 24.2 Å². The van der Waals surface area contributed by atoms with Crippen LogP contribution in [0.3, 0.4) is 0 Å². The van der Waals surface area contributed by atoms with Crippen molar-refractivity contribution in [3.63, 3.8) is 0 Å². The first-order valence-corrected chi connectivity index (χ1v) is 20.3. The van der Waals surface area contributed by atoms with Gasteiger partial charge in [0.1, 0.15) is 0 Å². The fourth-order valence-corrected chi connectivity index (χ4v) is 20.7. The van der Waals surface area contributed by atoms with Crippen LogP contribution >= 0.6 is 0 Å². The summed E-state index contributed by atoms with van der Waals surface area (Å²) in [4.78, 5) is 25.6. The molecule has 0 amide bonds. The molecule has 0 spiro atoms. The van der Waals surface area contributed by atoms with Gasteiger partial charge in [-0.15, -0.1) is 0 Å². The zero-order valence-electron chi connectivity index (χ0n) is 22.3. The Labute approximate surface area is 207 Å². The third kappa shape index (κ3) is 10.1. The molecule has 0 aliphatic carbocycles. The Morgan fingerprint density at radius 3 is 1.73 bits per heavy atom. The van der Waals surface area contributed by atoms with Crippen LogP contribution in [0.2, 0.25) is 13.3 Å². The van der Waals surface area contributed by atoms with Gasteiger partial charge in [0.05, 0.1) is 0 Å². The van der Waals surface area contributed by atoms with E-state index in [1.165, 1.54) is 69.6 Å². The van der Waals surface area contributed by atoms with Crippen LogP contribution in [-0.4, -0.2) is 56.2 Å². The van der Waals surface area contributed by atoms with Crippen molar-refractivity contribution in [3.8, 4) is 0 Å². The molecule has 33 heavy (non-hydrogen) atoms. The number of hydrogen-bond donors (Lipinski definition) is 1.